The van der Waals surface area contributed by atoms with Gasteiger partial charge in [0.25, 0.3) is 0 Å². The summed E-state index contributed by atoms with van der Waals surface area (Å²) in [4.78, 5) is 12.1. The molecule has 1 unspecified atom stereocenters. The zero-order valence-corrected chi connectivity index (χ0v) is 8.78. The molecule has 0 aliphatic carbocycles. The van der Waals surface area contributed by atoms with Crippen molar-refractivity contribution in [2.75, 3.05) is 0 Å². The minimum atomic E-state index is -0.463. The number of hydrogen-bond acceptors (Lipinski definition) is 3. The Labute approximate surface area is 85.9 Å². The van der Waals surface area contributed by atoms with E-state index in [9.17, 15) is 4.79 Å². The summed E-state index contributed by atoms with van der Waals surface area (Å²) < 4.78 is 0.727. The summed E-state index contributed by atoms with van der Waals surface area (Å²) in [5, 5.41) is 2.70. The third-order valence-electron chi connectivity index (χ3n) is 1.48. The van der Waals surface area contributed by atoms with Gasteiger partial charge in [-0.25, -0.2) is 0 Å². The SMILES string of the molecule is CC(N)C(=O)NCc1ccc(Cl)s1. The Morgan fingerprint density at radius 2 is 2.46 bits per heavy atom. The van der Waals surface area contributed by atoms with E-state index in [1.165, 1.54) is 11.3 Å². The number of nitrogens with one attached hydrogen (secondary N) is 1. The van der Waals surface area contributed by atoms with Crippen LogP contribution in [-0.2, 0) is 11.3 Å². The van der Waals surface area contributed by atoms with Crippen LogP contribution < -0.4 is 11.1 Å². The Morgan fingerprint density at radius 3 is 2.92 bits per heavy atom. The molecule has 0 aliphatic heterocycles. The fraction of sp³-hybridized carbons (Fsp3) is 0.375. The quantitative estimate of drug-likeness (QED) is 0.805. The van der Waals surface area contributed by atoms with Gasteiger partial charge in [-0.05, 0) is 19.1 Å². The molecular weight excluding hydrogens is 208 g/mol. The second-order valence-corrected chi connectivity index (χ2v) is 4.51. The summed E-state index contributed by atoms with van der Waals surface area (Å²) in [6.45, 7) is 2.15. The van der Waals surface area contributed by atoms with Gasteiger partial charge in [0.05, 0.1) is 16.9 Å². The molecule has 3 nitrogen and oxygen atoms in total. The van der Waals surface area contributed by atoms with E-state index < -0.39 is 6.04 Å². The summed E-state index contributed by atoms with van der Waals surface area (Å²) >= 11 is 7.17. The summed E-state index contributed by atoms with van der Waals surface area (Å²) in [7, 11) is 0. The molecule has 5 heteroatoms. The Morgan fingerprint density at radius 1 is 1.77 bits per heavy atom. The number of rotatable bonds is 3. The molecule has 1 rings (SSSR count). The third-order valence-corrected chi connectivity index (χ3v) is 2.71. The van der Waals surface area contributed by atoms with Crippen molar-refractivity contribution in [1.29, 1.82) is 0 Å². The van der Waals surface area contributed by atoms with Crippen LogP contribution in [0.5, 0.6) is 0 Å². The van der Waals surface area contributed by atoms with Crippen LogP contribution in [0.1, 0.15) is 11.8 Å². The van der Waals surface area contributed by atoms with E-state index in [0.717, 1.165) is 9.21 Å². The van der Waals surface area contributed by atoms with Gasteiger partial charge in [-0.3, -0.25) is 4.79 Å². The average Bonchev–Trinajstić information content (AvgIpc) is 2.47. The third kappa shape index (κ3) is 3.34. The molecule has 1 aromatic rings. The van der Waals surface area contributed by atoms with Crippen molar-refractivity contribution in [2.24, 2.45) is 5.73 Å². The molecule has 0 aliphatic rings. The lowest BCUT2D eigenvalue weighted by Crippen LogP contribution is -2.37. The Balaban J connectivity index is 2.39. The van der Waals surface area contributed by atoms with Crippen molar-refractivity contribution in [1.82, 2.24) is 5.32 Å². The van der Waals surface area contributed by atoms with E-state index in [4.69, 9.17) is 17.3 Å². The van der Waals surface area contributed by atoms with Crippen molar-refractivity contribution in [2.45, 2.75) is 19.5 Å². The largest absolute Gasteiger partial charge is 0.350 e. The van der Waals surface area contributed by atoms with Gasteiger partial charge in [0.2, 0.25) is 5.91 Å². The van der Waals surface area contributed by atoms with Crippen LogP contribution in [0.3, 0.4) is 0 Å². The van der Waals surface area contributed by atoms with Crippen LogP contribution in [0.15, 0.2) is 12.1 Å². The van der Waals surface area contributed by atoms with Gasteiger partial charge in [-0.15, -0.1) is 11.3 Å². The van der Waals surface area contributed by atoms with Gasteiger partial charge in [0.15, 0.2) is 0 Å². The first-order valence-corrected chi connectivity index (χ1v) is 5.06. The highest BCUT2D eigenvalue weighted by Gasteiger charge is 2.06. The minimum absolute atomic E-state index is 0.149. The molecular formula is C8H11ClN2OS. The van der Waals surface area contributed by atoms with Crippen molar-refractivity contribution in [3.63, 3.8) is 0 Å². The molecule has 1 atom stereocenters. The molecule has 13 heavy (non-hydrogen) atoms. The standard InChI is InChI=1S/C8H11ClN2OS/c1-5(10)8(12)11-4-6-2-3-7(9)13-6/h2-3,5H,4,10H2,1H3,(H,11,12). The predicted octanol–water partition coefficient (Wildman–Crippen LogP) is 1.36. The first kappa shape index (κ1) is 10.5. The first-order valence-electron chi connectivity index (χ1n) is 3.87. The fourth-order valence-electron chi connectivity index (χ4n) is 0.782. The molecule has 3 N–H and O–H groups in total. The number of amides is 1. The molecule has 72 valence electrons. The predicted molar refractivity (Wildman–Crippen MR) is 54.8 cm³/mol. The van der Waals surface area contributed by atoms with Crippen LogP contribution in [-0.4, -0.2) is 11.9 Å². The summed E-state index contributed by atoms with van der Waals surface area (Å²) in [5.41, 5.74) is 5.37. The highest BCUT2D eigenvalue weighted by Crippen LogP contribution is 2.20. The molecule has 0 bridgehead atoms. The van der Waals surface area contributed by atoms with Crippen molar-refractivity contribution in [3.05, 3.63) is 21.3 Å². The molecule has 0 saturated heterocycles. The zero-order valence-electron chi connectivity index (χ0n) is 7.21. The summed E-state index contributed by atoms with van der Waals surface area (Å²) in [5.74, 6) is -0.149. The molecule has 0 spiro atoms. The van der Waals surface area contributed by atoms with E-state index >= 15 is 0 Å². The van der Waals surface area contributed by atoms with Crippen molar-refractivity contribution >= 4 is 28.8 Å². The minimum Gasteiger partial charge on any atom is -0.350 e. The van der Waals surface area contributed by atoms with E-state index in [0.29, 0.717) is 6.54 Å². The Kier molecular flexibility index (Phi) is 3.71. The van der Waals surface area contributed by atoms with Gasteiger partial charge < -0.3 is 11.1 Å². The maximum atomic E-state index is 11.1. The van der Waals surface area contributed by atoms with Gasteiger partial charge >= 0.3 is 0 Å². The second kappa shape index (κ2) is 4.60. The van der Waals surface area contributed by atoms with Gasteiger partial charge in [0, 0.05) is 4.88 Å². The maximum Gasteiger partial charge on any atom is 0.236 e. The molecule has 1 heterocycles. The maximum absolute atomic E-state index is 11.1. The van der Waals surface area contributed by atoms with Crippen LogP contribution in [0.2, 0.25) is 4.34 Å². The lowest BCUT2D eigenvalue weighted by Gasteiger charge is -2.05. The molecule has 0 radical (unpaired) electrons. The Hall–Kier alpha value is -0.580. The zero-order chi connectivity index (χ0) is 9.84. The summed E-state index contributed by atoms with van der Waals surface area (Å²) in [6.07, 6.45) is 0. The monoisotopic (exact) mass is 218 g/mol. The van der Waals surface area contributed by atoms with Crippen molar-refractivity contribution < 1.29 is 4.79 Å². The van der Waals surface area contributed by atoms with E-state index in [2.05, 4.69) is 5.32 Å². The lowest BCUT2D eigenvalue weighted by molar-refractivity contribution is -0.122. The number of halogens is 1. The second-order valence-electron chi connectivity index (χ2n) is 2.71. The lowest BCUT2D eigenvalue weighted by atomic mass is 10.3. The van der Waals surface area contributed by atoms with Crippen LogP contribution in [0, 0.1) is 0 Å². The molecule has 0 aromatic carbocycles. The molecule has 1 amide bonds. The Bertz CT molecular complexity index is 298. The number of carbonyl (C=O) groups is 1. The highest BCUT2D eigenvalue weighted by atomic mass is 35.5. The van der Waals surface area contributed by atoms with Crippen LogP contribution in [0.25, 0.3) is 0 Å². The number of thiophene rings is 1. The average molecular weight is 219 g/mol. The van der Waals surface area contributed by atoms with E-state index in [1.807, 2.05) is 6.07 Å². The molecule has 0 saturated carbocycles. The molecule has 0 fully saturated rings. The first-order chi connectivity index (χ1) is 6.09. The fourth-order valence-corrected chi connectivity index (χ4v) is 1.81. The van der Waals surface area contributed by atoms with Crippen LogP contribution in [0.4, 0.5) is 0 Å². The molecule has 1 aromatic heterocycles. The smallest absolute Gasteiger partial charge is 0.236 e. The number of carbonyl (C=O) groups excluding carboxylic acids is 1. The number of hydrogen-bond donors (Lipinski definition) is 2. The van der Waals surface area contributed by atoms with Gasteiger partial charge in [-0.2, -0.15) is 0 Å². The van der Waals surface area contributed by atoms with Crippen molar-refractivity contribution in [3.8, 4) is 0 Å². The normalized spacial score (nSPS) is 12.5. The van der Waals surface area contributed by atoms with E-state index in [-0.39, 0.29) is 5.91 Å². The highest BCUT2D eigenvalue weighted by molar-refractivity contribution is 7.16. The van der Waals surface area contributed by atoms with Gasteiger partial charge in [-0.1, -0.05) is 11.6 Å². The van der Waals surface area contributed by atoms with E-state index in [1.54, 1.807) is 13.0 Å². The van der Waals surface area contributed by atoms with Gasteiger partial charge in [0.1, 0.15) is 0 Å². The van der Waals surface area contributed by atoms with Crippen LogP contribution >= 0.6 is 22.9 Å². The number of nitrogens with two attached hydrogens (primary N) is 1. The topological polar surface area (TPSA) is 55.1 Å². The summed E-state index contributed by atoms with van der Waals surface area (Å²) in [6, 6.07) is 3.23.